The van der Waals surface area contributed by atoms with Crippen LogP contribution in [0.1, 0.15) is 87.7 Å². The fraction of sp³-hybridized carbons (Fsp3) is 0.583. The standard InChI is InChI=1S/C36H49ClN2O3S/c1-5-31-25(3)21-39-22-36(17-7-11-28-19-30(37)14-15-32(28)36)23-42-34-16-13-29(20-33(34)39)35(41)38-43-26(4)24(2)9-6-10-27(31)12-8-18-40/h6,10,13-16,19-20,24-27,31,40H,5,7-9,11-12,17-18,21-23H2,1-4H3,(H,38,41)/b10-6+. The van der Waals surface area contributed by atoms with Crippen LogP contribution < -0.4 is 14.4 Å². The predicted molar refractivity (Wildman–Crippen MR) is 180 cm³/mol. The first kappa shape index (κ1) is 32.2. The molecule has 0 aromatic heterocycles. The molecule has 5 nitrogen and oxygen atoms in total. The number of aryl methyl sites for hydroxylation is 1. The van der Waals surface area contributed by atoms with Crippen LogP contribution in [0.15, 0.2) is 48.6 Å². The highest BCUT2D eigenvalue weighted by Crippen LogP contribution is 2.45. The number of amides is 1. The third-order valence-corrected chi connectivity index (χ3v) is 11.7. The van der Waals surface area contributed by atoms with E-state index < -0.39 is 0 Å². The summed E-state index contributed by atoms with van der Waals surface area (Å²) in [4.78, 5) is 15.9. The summed E-state index contributed by atoms with van der Waals surface area (Å²) in [7, 11) is 0. The highest BCUT2D eigenvalue weighted by molar-refractivity contribution is 7.98. The molecular weight excluding hydrogens is 576 g/mol. The van der Waals surface area contributed by atoms with Crippen LogP contribution in [0.4, 0.5) is 5.69 Å². The number of benzene rings is 2. The van der Waals surface area contributed by atoms with E-state index in [-0.39, 0.29) is 23.2 Å². The molecule has 0 radical (unpaired) electrons. The third kappa shape index (κ3) is 7.23. The zero-order valence-electron chi connectivity index (χ0n) is 26.3. The summed E-state index contributed by atoms with van der Waals surface area (Å²) < 4.78 is 9.80. The van der Waals surface area contributed by atoms with Crippen molar-refractivity contribution in [3.8, 4) is 5.75 Å². The lowest BCUT2D eigenvalue weighted by molar-refractivity contribution is 0.0984. The highest BCUT2D eigenvalue weighted by Gasteiger charge is 2.42. The molecule has 2 aromatic carbocycles. The summed E-state index contributed by atoms with van der Waals surface area (Å²) in [5.74, 6) is 2.50. The van der Waals surface area contributed by atoms with Crippen molar-refractivity contribution in [2.24, 2.45) is 23.7 Å². The normalized spacial score (nSPS) is 30.6. The van der Waals surface area contributed by atoms with Crippen LogP contribution in [-0.4, -0.2) is 42.6 Å². The van der Waals surface area contributed by atoms with Gasteiger partial charge in [-0.1, -0.05) is 63.9 Å². The Labute approximate surface area is 267 Å². The Kier molecular flexibility index (Phi) is 10.7. The summed E-state index contributed by atoms with van der Waals surface area (Å²) in [5, 5.41) is 10.8. The number of halogens is 1. The number of allylic oxidation sites excluding steroid dienone is 2. The number of aliphatic hydroxyl groups excluding tert-OH is 1. The van der Waals surface area contributed by atoms with Crippen molar-refractivity contribution in [2.45, 2.75) is 83.3 Å². The molecule has 2 aromatic rings. The molecule has 2 aliphatic heterocycles. The molecule has 2 heterocycles. The minimum Gasteiger partial charge on any atom is -0.490 e. The van der Waals surface area contributed by atoms with Gasteiger partial charge in [-0.3, -0.25) is 9.52 Å². The summed E-state index contributed by atoms with van der Waals surface area (Å²) in [6.07, 6.45) is 11.8. The summed E-state index contributed by atoms with van der Waals surface area (Å²) in [6.45, 7) is 11.7. The number of nitrogens with one attached hydrogen (secondary N) is 1. The number of carbonyl (C=O) groups is 1. The van der Waals surface area contributed by atoms with E-state index in [9.17, 15) is 9.90 Å². The Balaban J connectivity index is 1.57. The van der Waals surface area contributed by atoms with Crippen LogP contribution in [0.3, 0.4) is 0 Å². The zero-order chi connectivity index (χ0) is 30.6. The van der Waals surface area contributed by atoms with Crippen molar-refractivity contribution in [1.29, 1.82) is 0 Å². The van der Waals surface area contributed by atoms with Crippen molar-refractivity contribution < 1.29 is 14.6 Å². The topological polar surface area (TPSA) is 61.8 Å². The molecule has 0 fully saturated rings. The molecule has 7 heteroatoms. The Morgan fingerprint density at radius 2 is 2.00 bits per heavy atom. The zero-order valence-corrected chi connectivity index (χ0v) is 27.9. The van der Waals surface area contributed by atoms with Crippen molar-refractivity contribution in [1.82, 2.24) is 4.72 Å². The van der Waals surface area contributed by atoms with Crippen LogP contribution in [-0.2, 0) is 11.8 Å². The van der Waals surface area contributed by atoms with Gasteiger partial charge < -0.3 is 14.7 Å². The van der Waals surface area contributed by atoms with Crippen LogP contribution in [0.5, 0.6) is 5.75 Å². The fourth-order valence-corrected chi connectivity index (χ4v) is 8.58. The number of fused-ring (bicyclic) bond motifs is 3. The van der Waals surface area contributed by atoms with E-state index in [1.807, 2.05) is 24.3 Å². The summed E-state index contributed by atoms with van der Waals surface area (Å²) >= 11 is 7.97. The van der Waals surface area contributed by atoms with E-state index in [4.69, 9.17) is 16.3 Å². The molecular formula is C36H49ClN2O3S. The molecule has 1 aliphatic carbocycles. The lowest BCUT2D eigenvalue weighted by atomic mass is 9.70. The van der Waals surface area contributed by atoms with Gasteiger partial charge in [0, 0.05) is 40.9 Å². The number of hydrogen-bond acceptors (Lipinski definition) is 5. The second kappa shape index (κ2) is 14.3. The van der Waals surface area contributed by atoms with Gasteiger partial charge in [0.25, 0.3) is 5.91 Å². The van der Waals surface area contributed by atoms with E-state index in [1.54, 1.807) is 0 Å². The number of carbonyl (C=O) groups excluding carboxylic acids is 1. The first-order chi connectivity index (χ1) is 20.7. The minimum absolute atomic E-state index is 0.0606. The number of ether oxygens (including phenoxy) is 1. The van der Waals surface area contributed by atoms with Gasteiger partial charge in [-0.25, -0.2) is 0 Å². The van der Waals surface area contributed by atoms with E-state index in [0.717, 1.165) is 74.5 Å². The molecule has 1 spiro atoms. The van der Waals surface area contributed by atoms with Gasteiger partial charge >= 0.3 is 0 Å². The molecule has 2 bridgehead atoms. The molecule has 0 saturated heterocycles. The van der Waals surface area contributed by atoms with E-state index >= 15 is 0 Å². The lowest BCUT2D eigenvalue weighted by Gasteiger charge is -2.42. The van der Waals surface area contributed by atoms with Gasteiger partial charge in [0.05, 0.1) is 12.3 Å². The molecule has 3 aliphatic rings. The quantitative estimate of drug-likeness (QED) is 0.265. The minimum atomic E-state index is -0.153. The van der Waals surface area contributed by atoms with Crippen molar-refractivity contribution in [2.75, 3.05) is 31.2 Å². The summed E-state index contributed by atoms with van der Waals surface area (Å²) in [6, 6.07) is 12.3. The highest BCUT2D eigenvalue weighted by atomic mass is 35.5. The van der Waals surface area contributed by atoms with Crippen LogP contribution in [0, 0.1) is 23.7 Å². The molecule has 1 amide bonds. The van der Waals surface area contributed by atoms with Gasteiger partial charge in [0.15, 0.2) is 0 Å². The maximum absolute atomic E-state index is 13.4. The molecule has 234 valence electrons. The number of aliphatic hydroxyl groups is 1. The Bertz CT molecular complexity index is 1300. The average molecular weight is 625 g/mol. The monoisotopic (exact) mass is 624 g/mol. The molecule has 0 saturated carbocycles. The number of rotatable bonds is 4. The molecule has 6 unspecified atom stereocenters. The number of hydrogen-bond donors (Lipinski definition) is 2. The average Bonchev–Trinajstić information content (AvgIpc) is 3.14. The lowest BCUT2D eigenvalue weighted by Crippen LogP contribution is -2.47. The van der Waals surface area contributed by atoms with E-state index in [2.05, 4.69) is 61.6 Å². The smallest absolute Gasteiger partial charge is 0.261 e. The van der Waals surface area contributed by atoms with Crippen LogP contribution in [0.2, 0.25) is 5.02 Å². The second-order valence-corrected chi connectivity index (χ2v) is 14.9. The van der Waals surface area contributed by atoms with Gasteiger partial charge in [-0.05, 0) is 116 Å². The van der Waals surface area contributed by atoms with Gasteiger partial charge in [0.2, 0.25) is 0 Å². The van der Waals surface area contributed by atoms with Gasteiger partial charge in [-0.15, -0.1) is 0 Å². The Morgan fingerprint density at radius 1 is 1.16 bits per heavy atom. The number of nitrogens with zero attached hydrogens (tertiary/aromatic N) is 1. The van der Waals surface area contributed by atoms with Gasteiger partial charge in [-0.2, -0.15) is 0 Å². The predicted octanol–water partition coefficient (Wildman–Crippen LogP) is 8.23. The molecule has 2 N–H and O–H groups in total. The SMILES string of the molecule is CCC1C(C)CN2CC3(CCCc4cc(Cl)ccc43)COc3ccc(cc32)C(=O)NSC(C)C(C)C/C=C/C1CCCO. The maximum Gasteiger partial charge on any atom is 0.261 e. The largest absolute Gasteiger partial charge is 0.490 e. The van der Waals surface area contributed by atoms with Crippen molar-refractivity contribution in [3.05, 3.63) is 70.3 Å². The van der Waals surface area contributed by atoms with E-state index in [0.29, 0.717) is 35.8 Å². The van der Waals surface area contributed by atoms with Crippen molar-refractivity contribution in [3.63, 3.8) is 0 Å². The maximum atomic E-state index is 13.4. The Morgan fingerprint density at radius 3 is 2.79 bits per heavy atom. The first-order valence-corrected chi connectivity index (χ1v) is 17.5. The van der Waals surface area contributed by atoms with E-state index in [1.165, 1.54) is 23.1 Å². The van der Waals surface area contributed by atoms with Crippen molar-refractivity contribution >= 4 is 35.1 Å². The fourth-order valence-electron chi connectivity index (χ4n) is 7.63. The van der Waals surface area contributed by atoms with Crippen LogP contribution >= 0.6 is 23.5 Å². The number of anilines is 1. The second-order valence-electron chi connectivity index (χ2n) is 13.3. The molecule has 5 rings (SSSR count). The van der Waals surface area contributed by atoms with Gasteiger partial charge in [0.1, 0.15) is 5.75 Å². The first-order valence-electron chi connectivity index (χ1n) is 16.3. The summed E-state index contributed by atoms with van der Waals surface area (Å²) in [5.41, 5.74) is 4.20. The van der Waals surface area contributed by atoms with Crippen LogP contribution in [0.25, 0.3) is 0 Å². The molecule has 6 atom stereocenters. The third-order valence-electron chi connectivity index (χ3n) is 10.3. The Hall–Kier alpha value is -2.15. The molecule has 43 heavy (non-hydrogen) atoms.